The summed E-state index contributed by atoms with van der Waals surface area (Å²) in [6.07, 6.45) is 2.52. The van der Waals surface area contributed by atoms with Gasteiger partial charge in [-0.15, -0.1) is 0 Å². The summed E-state index contributed by atoms with van der Waals surface area (Å²) in [7, 11) is -3.26. The third-order valence-corrected chi connectivity index (χ3v) is 5.25. The molecule has 2 atom stereocenters. The summed E-state index contributed by atoms with van der Waals surface area (Å²) in [6.45, 7) is 4.90. The van der Waals surface area contributed by atoms with Crippen LogP contribution < -0.4 is 5.73 Å². The van der Waals surface area contributed by atoms with Crippen molar-refractivity contribution < 1.29 is 13.2 Å². The van der Waals surface area contributed by atoms with Gasteiger partial charge in [0, 0.05) is 19.1 Å². The second-order valence-corrected chi connectivity index (χ2v) is 7.29. The van der Waals surface area contributed by atoms with Gasteiger partial charge in [0.1, 0.15) is 5.75 Å². The van der Waals surface area contributed by atoms with Crippen LogP contribution in [0.25, 0.3) is 0 Å². The number of nitrogens with zero attached hydrogens (tertiary/aromatic N) is 1. The highest BCUT2D eigenvalue weighted by Gasteiger charge is 2.32. The predicted octanol–water partition coefficient (Wildman–Crippen LogP) is 0.397. The fourth-order valence-corrected chi connectivity index (χ4v) is 3.88. The first-order valence-electron chi connectivity index (χ1n) is 6.61. The van der Waals surface area contributed by atoms with Crippen LogP contribution in [-0.4, -0.2) is 49.9 Å². The monoisotopic (exact) mass is 276 g/mol. The number of carbonyl (C=O) groups is 1. The topological polar surface area (TPSA) is 80.5 Å². The smallest absolute Gasteiger partial charge is 0.238 e. The first kappa shape index (κ1) is 15.4. The Morgan fingerprint density at radius 2 is 2.11 bits per heavy atom. The number of rotatable bonds is 5. The molecule has 0 aromatic rings. The summed E-state index contributed by atoms with van der Waals surface area (Å²) in [5.74, 6) is -0.230. The van der Waals surface area contributed by atoms with Crippen LogP contribution in [0.15, 0.2) is 0 Å². The second-order valence-electron chi connectivity index (χ2n) is 5.10. The summed E-state index contributed by atoms with van der Waals surface area (Å²) < 4.78 is 23.4. The minimum absolute atomic E-state index is 0.0110. The summed E-state index contributed by atoms with van der Waals surface area (Å²) in [5.41, 5.74) is 5.70. The van der Waals surface area contributed by atoms with Crippen LogP contribution in [0.4, 0.5) is 0 Å². The van der Waals surface area contributed by atoms with Crippen LogP contribution in [0.3, 0.4) is 0 Å². The molecule has 1 aliphatic heterocycles. The van der Waals surface area contributed by atoms with Gasteiger partial charge in [-0.2, -0.15) is 0 Å². The van der Waals surface area contributed by atoms with Gasteiger partial charge < -0.3 is 10.6 Å². The SMILES string of the molecule is CCCS(=O)(=O)CC(=O)N1CCC[C@H](C)[C@@H]1CN. The molecule has 0 aromatic heterocycles. The van der Waals surface area contributed by atoms with Crippen LogP contribution in [-0.2, 0) is 14.6 Å². The van der Waals surface area contributed by atoms with Gasteiger partial charge >= 0.3 is 0 Å². The van der Waals surface area contributed by atoms with Gasteiger partial charge in [-0.3, -0.25) is 4.79 Å². The van der Waals surface area contributed by atoms with Gasteiger partial charge in [0.15, 0.2) is 9.84 Å². The molecule has 0 spiro atoms. The van der Waals surface area contributed by atoms with E-state index in [2.05, 4.69) is 6.92 Å². The van der Waals surface area contributed by atoms with Crippen molar-refractivity contribution in [3.05, 3.63) is 0 Å². The van der Waals surface area contributed by atoms with Crippen LogP contribution in [0.2, 0.25) is 0 Å². The number of hydrogen-bond donors (Lipinski definition) is 1. The highest BCUT2D eigenvalue weighted by Crippen LogP contribution is 2.22. The quantitative estimate of drug-likeness (QED) is 0.788. The van der Waals surface area contributed by atoms with Gasteiger partial charge in [-0.25, -0.2) is 8.42 Å². The van der Waals surface area contributed by atoms with Gasteiger partial charge in [-0.1, -0.05) is 13.8 Å². The molecule has 1 rings (SSSR count). The molecule has 0 unspecified atom stereocenters. The lowest BCUT2D eigenvalue weighted by Crippen LogP contribution is -2.52. The number of amides is 1. The van der Waals surface area contributed by atoms with E-state index in [0.717, 1.165) is 12.8 Å². The number of nitrogens with two attached hydrogens (primary N) is 1. The molecule has 0 saturated carbocycles. The van der Waals surface area contributed by atoms with Gasteiger partial charge in [0.05, 0.1) is 5.75 Å². The van der Waals surface area contributed by atoms with Crippen LogP contribution in [0.1, 0.15) is 33.1 Å². The predicted molar refractivity (Wildman–Crippen MR) is 71.9 cm³/mol. The largest absolute Gasteiger partial charge is 0.337 e. The van der Waals surface area contributed by atoms with Crippen LogP contribution >= 0.6 is 0 Å². The molecule has 1 fully saturated rings. The van der Waals surface area contributed by atoms with E-state index < -0.39 is 9.84 Å². The molecule has 6 heteroatoms. The molecule has 1 aliphatic rings. The molecule has 5 nitrogen and oxygen atoms in total. The molecule has 18 heavy (non-hydrogen) atoms. The molecule has 1 amide bonds. The van der Waals surface area contributed by atoms with Crippen molar-refractivity contribution in [2.24, 2.45) is 11.7 Å². The van der Waals surface area contributed by atoms with Crippen molar-refractivity contribution in [1.29, 1.82) is 0 Å². The second kappa shape index (κ2) is 6.52. The van der Waals surface area contributed by atoms with E-state index in [9.17, 15) is 13.2 Å². The fourth-order valence-electron chi connectivity index (χ4n) is 2.57. The first-order valence-corrected chi connectivity index (χ1v) is 8.43. The maximum atomic E-state index is 12.1. The minimum atomic E-state index is -3.26. The Kier molecular flexibility index (Phi) is 5.59. The number of sulfone groups is 1. The van der Waals surface area contributed by atoms with Gasteiger partial charge in [0.2, 0.25) is 5.91 Å². The van der Waals surface area contributed by atoms with E-state index in [1.807, 2.05) is 0 Å². The molecular weight excluding hydrogens is 252 g/mol. The van der Waals surface area contributed by atoms with Crippen molar-refractivity contribution in [3.63, 3.8) is 0 Å². The van der Waals surface area contributed by atoms with Crippen molar-refractivity contribution in [2.75, 3.05) is 24.6 Å². The van der Waals surface area contributed by atoms with Crippen molar-refractivity contribution in [3.8, 4) is 0 Å². The highest BCUT2D eigenvalue weighted by atomic mass is 32.2. The Bertz CT molecular complexity index is 381. The van der Waals surface area contributed by atoms with Crippen LogP contribution in [0.5, 0.6) is 0 Å². The third kappa shape index (κ3) is 3.95. The fraction of sp³-hybridized carbons (Fsp3) is 0.917. The zero-order chi connectivity index (χ0) is 13.8. The summed E-state index contributed by atoms with van der Waals surface area (Å²) in [5, 5.41) is 0. The molecule has 0 radical (unpaired) electrons. The average Bonchev–Trinajstić information content (AvgIpc) is 2.27. The molecule has 0 bridgehead atoms. The standard InChI is InChI=1S/C12H24N2O3S/c1-3-7-18(16,17)9-12(15)14-6-4-5-10(2)11(14)8-13/h10-11H,3-9,13H2,1-2H3/t10-,11-/m0/s1. The van der Waals surface area contributed by atoms with Crippen molar-refractivity contribution in [2.45, 2.75) is 39.2 Å². The Balaban J connectivity index is 2.70. The number of likely N-dealkylation sites (tertiary alicyclic amines) is 1. The summed E-state index contributed by atoms with van der Waals surface area (Å²) in [4.78, 5) is 13.8. The van der Waals surface area contributed by atoms with Crippen molar-refractivity contribution in [1.82, 2.24) is 4.90 Å². The molecule has 0 aromatic carbocycles. The number of carbonyl (C=O) groups excluding carboxylic acids is 1. The van der Waals surface area contributed by atoms with Gasteiger partial charge in [0.25, 0.3) is 0 Å². The Morgan fingerprint density at radius 1 is 1.44 bits per heavy atom. The zero-order valence-electron chi connectivity index (χ0n) is 11.3. The van der Waals surface area contributed by atoms with E-state index in [1.165, 1.54) is 0 Å². The third-order valence-electron chi connectivity index (χ3n) is 3.54. The summed E-state index contributed by atoms with van der Waals surface area (Å²) >= 11 is 0. The Hall–Kier alpha value is -0.620. The Labute approximate surface area is 110 Å². The highest BCUT2D eigenvalue weighted by molar-refractivity contribution is 7.92. The molecule has 1 saturated heterocycles. The lowest BCUT2D eigenvalue weighted by Gasteiger charge is -2.39. The van der Waals surface area contributed by atoms with E-state index in [1.54, 1.807) is 11.8 Å². The zero-order valence-corrected chi connectivity index (χ0v) is 12.1. The van der Waals surface area contributed by atoms with E-state index >= 15 is 0 Å². The number of hydrogen-bond acceptors (Lipinski definition) is 4. The normalized spacial score (nSPS) is 25.2. The average molecular weight is 276 g/mol. The molecule has 106 valence electrons. The summed E-state index contributed by atoms with van der Waals surface area (Å²) in [6, 6.07) is -0.0110. The molecule has 2 N–H and O–H groups in total. The first-order chi connectivity index (χ1) is 8.41. The van der Waals surface area contributed by atoms with Crippen LogP contribution in [0, 0.1) is 5.92 Å². The Morgan fingerprint density at radius 3 is 2.67 bits per heavy atom. The molecular formula is C12H24N2O3S. The van der Waals surface area contributed by atoms with Gasteiger partial charge in [-0.05, 0) is 25.2 Å². The molecule has 0 aliphatic carbocycles. The number of piperidine rings is 1. The van der Waals surface area contributed by atoms with E-state index in [4.69, 9.17) is 5.73 Å². The maximum absolute atomic E-state index is 12.1. The molecule has 1 heterocycles. The van der Waals surface area contributed by atoms with Crippen molar-refractivity contribution >= 4 is 15.7 Å². The lowest BCUT2D eigenvalue weighted by atomic mass is 9.91. The van der Waals surface area contributed by atoms with E-state index in [0.29, 0.717) is 25.4 Å². The van der Waals surface area contributed by atoms with E-state index in [-0.39, 0.29) is 23.5 Å². The lowest BCUT2D eigenvalue weighted by molar-refractivity contribution is -0.133. The maximum Gasteiger partial charge on any atom is 0.238 e. The minimum Gasteiger partial charge on any atom is -0.337 e.